The SMILES string of the molecule is CCCC1CCN(C(=O)N2CCC(CC(=O)O)CC2)C1. The van der Waals surface area contributed by atoms with Crippen molar-refractivity contribution < 1.29 is 14.7 Å². The lowest BCUT2D eigenvalue weighted by molar-refractivity contribution is -0.138. The number of hydrogen-bond acceptors (Lipinski definition) is 2. The number of hydrogen-bond donors (Lipinski definition) is 1. The minimum atomic E-state index is -0.725. The first-order chi connectivity index (χ1) is 9.60. The maximum Gasteiger partial charge on any atom is 0.320 e. The summed E-state index contributed by atoms with van der Waals surface area (Å²) in [5.74, 6) is 0.188. The van der Waals surface area contributed by atoms with Crippen LogP contribution in [0.1, 0.15) is 45.4 Å². The van der Waals surface area contributed by atoms with Crippen LogP contribution in [0.3, 0.4) is 0 Å². The topological polar surface area (TPSA) is 60.9 Å². The first-order valence-electron chi connectivity index (χ1n) is 7.85. The second-order valence-electron chi connectivity index (χ2n) is 6.20. The molecule has 2 fully saturated rings. The van der Waals surface area contributed by atoms with Crippen LogP contribution in [0.15, 0.2) is 0 Å². The molecule has 1 atom stereocenters. The molecule has 0 aromatic heterocycles. The van der Waals surface area contributed by atoms with E-state index in [4.69, 9.17) is 5.11 Å². The van der Waals surface area contributed by atoms with Gasteiger partial charge in [-0.15, -0.1) is 0 Å². The number of carbonyl (C=O) groups is 2. The molecule has 1 N–H and O–H groups in total. The van der Waals surface area contributed by atoms with Gasteiger partial charge in [-0.25, -0.2) is 4.79 Å². The van der Waals surface area contributed by atoms with Gasteiger partial charge in [0, 0.05) is 32.6 Å². The number of carboxylic acids is 1. The second kappa shape index (κ2) is 6.95. The third kappa shape index (κ3) is 3.87. The smallest absolute Gasteiger partial charge is 0.320 e. The Hall–Kier alpha value is -1.26. The Morgan fingerprint density at radius 1 is 1.05 bits per heavy atom. The summed E-state index contributed by atoms with van der Waals surface area (Å²) >= 11 is 0. The molecule has 2 rings (SSSR count). The number of piperidine rings is 1. The van der Waals surface area contributed by atoms with Crippen molar-refractivity contribution in [2.75, 3.05) is 26.2 Å². The molecule has 5 heteroatoms. The van der Waals surface area contributed by atoms with Crippen molar-refractivity contribution in [3.8, 4) is 0 Å². The van der Waals surface area contributed by atoms with Gasteiger partial charge in [-0.1, -0.05) is 13.3 Å². The molecule has 20 heavy (non-hydrogen) atoms. The Bertz CT molecular complexity index is 351. The molecule has 2 heterocycles. The maximum absolute atomic E-state index is 12.4. The third-order valence-corrected chi connectivity index (χ3v) is 4.60. The van der Waals surface area contributed by atoms with E-state index in [0.717, 1.165) is 32.4 Å². The van der Waals surface area contributed by atoms with E-state index >= 15 is 0 Å². The molecule has 0 aromatic carbocycles. The molecular formula is C15H26N2O3. The summed E-state index contributed by atoms with van der Waals surface area (Å²) in [5, 5.41) is 8.80. The van der Waals surface area contributed by atoms with E-state index in [9.17, 15) is 9.59 Å². The summed E-state index contributed by atoms with van der Waals surface area (Å²) < 4.78 is 0. The highest BCUT2D eigenvalue weighted by Crippen LogP contribution is 2.25. The highest BCUT2D eigenvalue weighted by atomic mass is 16.4. The largest absolute Gasteiger partial charge is 0.481 e. The van der Waals surface area contributed by atoms with Crippen molar-refractivity contribution >= 4 is 12.0 Å². The molecule has 1 unspecified atom stereocenters. The average molecular weight is 282 g/mol. The second-order valence-corrected chi connectivity index (χ2v) is 6.20. The first kappa shape index (κ1) is 15.1. The Labute approximate surface area is 120 Å². The predicted molar refractivity (Wildman–Crippen MR) is 76.5 cm³/mol. The summed E-state index contributed by atoms with van der Waals surface area (Å²) in [6.07, 6.45) is 5.42. The van der Waals surface area contributed by atoms with Crippen LogP contribution in [0.5, 0.6) is 0 Å². The number of carbonyl (C=O) groups excluding carboxylic acids is 1. The van der Waals surface area contributed by atoms with Crippen LogP contribution in [0, 0.1) is 11.8 Å². The van der Waals surface area contributed by atoms with E-state index in [1.165, 1.54) is 12.8 Å². The van der Waals surface area contributed by atoms with Gasteiger partial charge < -0.3 is 14.9 Å². The highest BCUT2D eigenvalue weighted by molar-refractivity contribution is 5.75. The number of carboxylic acid groups (broad SMARTS) is 1. The molecule has 5 nitrogen and oxygen atoms in total. The van der Waals surface area contributed by atoms with Crippen LogP contribution in [0.2, 0.25) is 0 Å². The Kier molecular flexibility index (Phi) is 5.26. The van der Waals surface area contributed by atoms with E-state index in [1.807, 2.05) is 9.80 Å². The lowest BCUT2D eigenvalue weighted by atomic mass is 9.94. The fourth-order valence-corrected chi connectivity index (χ4v) is 3.43. The molecule has 0 spiro atoms. The van der Waals surface area contributed by atoms with Crippen LogP contribution in [0.4, 0.5) is 4.79 Å². The number of aliphatic carboxylic acids is 1. The van der Waals surface area contributed by atoms with Gasteiger partial charge in [0.25, 0.3) is 0 Å². The van der Waals surface area contributed by atoms with Gasteiger partial charge in [-0.2, -0.15) is 0 Å². The van der Waals surface area contributed by atoms with E-state index in [2.05, 4.69) is 6.92 Å². The standard InChI is InChI=1S/C15H26N2O3/c1-2-3-13-6-9-17(11-13)15(20)16-7-4-12(5-8-16)10-14(18)19/h12-13H,2-11H2,1H3,(H,18,19). The normalized spacial score (nSPS) is 24.1. The third-order valence-electron chi connectivity index (χ3n) is 4.60. The van der Waals surface area contributed by atoms with E-state index in [1.54, 1.807) is 0 Å². The molecule has 2 amide bonds. The summed E-state index contributed by atoms with van der Waals surface area (Å²) in [6, 6.07) is 0.164. The molecule has 0 aromatic rings. The predicted octanol–water partition coefficient (Wildman–Crippen LogP) is 2.42. The molecule has 0 radical (unpaired) electrons. The van der Waals surface area contributed by atoms with E-state index < -0.39 is 5.97 Å². The van der Waals surface area contributed by atoms with Gasteiger partial charge in [-0.05, 0) is 37.5 Å². The Balaban J connectivity index is 1.76. The van der Waals surface area contributed by atoms with Crippen LogP contribution < -0.4 is 0 Å². The van der Waals surface area contributed by atoms with Gasteiger partial charge >= 0.3 is 12.0 Å². The van der Waals surface area contributed by atoms with Crippen molar-refractivity contribution in [2.45, 2.75) is 45.4 Å². The van der Waals surface area contributed by atoms with Gasteiger partial charge in [0.2, 0.25) is 0 Å². The lowest BCUT2D eigenvalue weighted by Gasteiger charge is -2.34. The van der Waals surface area contributed by atoms with Crippen LogP contribution in [0.25, 0.3) is 0 Å². The molecule has 0 saturated carbocycles. The molecule has 0 aliphatic carbocycles. The monoisotopic (exact) mass is 282 g/mol. The van der Waals surface area contributed by atoms with Gasteiger partial charge in [0.05, 0.1) is 0 Å². The molecular weight excluding hydrogens is 256 g/mol. The molecule has 114 valence electrons. The fourth-order valence-electron chi connectivity index (χ4n) is 3.43. The summed E-state index contributed by atoms with van der Waals surface area (Å²) in [4.78, 5) is 27.0. The summed E-state index contributed by atoms with van der Waals surface area (Å²) in [5.41, 5.74) is 0. The quantitative estimate of drug-likeness (QED) is 0.861. The molecule has 2 aliphatic rings. The van der Waals surface area contributed by atoms with Gasteiger partial charge in [0.1, 0.15) is 0 Å². The Morgan fingerprint density at radius 3 is 2.25 bits per heavy atom. The zero-order valence-corrected chi connectivity index (χ0v) is 12.4. The number of urea groups is 1. The van der Waals surface area contributed by atoms with Crippen molar-refractivity contribution in [1.29, 1.82) is 0 Å². The summed E-state index contributed by atoms with van der Waals surface area (Å²) in [7, 11) is 0. The van der Waals surface area contributed by atoms with Gasteiger partial charge in [0.15, 0.2) is 0 Å². The molecule has 2 aliphatic heterocycles. The lowest BCUT2D eigenvalue weighted by Crippen LogP contribution is -2.46. The average Bonchev–Trinajstić information content (AvgIpc) is 2.87. The van der Waals surface area contributed by atoms with Crippen molar-refractivity contribution in [3.63, 3.8) is 0 Å². The van der Waals surface area contributed by atoms with Crippen LogP contribution in [-0.2, 0) is 4.79 Å². The zero-order chi connectivity index (χ0) is 14.5. The van der Waals surface area contributed by atoms with Crippen molar-refractivity contribution in [2.24, 2.45) is 11.8 Å². The minimum Gasteiger partial charge on any atom is -0.481 e. The minimum absolute atomic E-state index is 0.164. The zero-order valence-electron chi connectivity index (χ0n) is 12.4. The number of amides is 2. The first-order valence-corrected chi connectivity index (χ1v) is 7.85. The number of likely N-dealkylation sites (tertiary alicyclic amines) is 2. The van der Waals surface area contributed by atoms with E-state index in [0.29, 0.717) is 19.0 Å². The highest BCUT2D eigenvalue weighted by Gasteiger charge is 2.31. The number of nitrogens with zero attached hydrogens (tertiary/aromatic N) is 2. The van der Waals surface area contributed by atoms with Crippen molar-refractivity contribution in [1.82, 2.24) is 9.80 Å². The summed E-state index contributed by atoms with van der Waals surface area (Å²) in [6.45, 7) is 5.41. The van der Waals surface area contributed by atoms with Gasteiger partial charge in [-0.3, -0.25) is 4.79 Å². The molecule has 2 saturated heterocycles. The fraction of sp³-hybridized carbons (Fsp3) is 0.867. The maximum atomic E-state index is 12.4. The Morgan fingerprint density at radius 2 is 1.65 bits per heavy atom. The molecule has 0 bridgehead atoms. The van der Waals surface area contributed by atoms with Crippen molar-refractivity contribution in [3.05, 3.63) is 0 Å². The van der Waals surface area contributed by atoms with E-state index in [-0.39, 0.29) is 18.4 Å². The van der Waals surface area contributed by atoms with Crippen LogP contribution in [-0.4, -0.2) is 53.1 Å². The number of rotatable bonds is 4. The van der Waals surface area contributed by atoms with Crippen LogP contribution >= 0.6 is 0 Å².